The summed E-state index contributed by atoms with van der Waals surface area (Å²) >= 11 is 17.2. The molecule has 0 spiro atoms. The van der Waals surface area contributed by atoms with Crippen molar-refractivity contribution in [1.82, 2.24) is 10.2 Å². The van der Waals surface area contributed by atoms with Gasteiger partial charge in [-0.2, -0.15) is 0 Å². The second-order valence-corrected chi connectivity index (χ2v) is 8.69. The number of rotatable bonds is 10. The molecule has 0 saturated carbocycles. The number of thiocarbonyl (C=S) groups is 1. The summed E-state index contributed by atoms with van der Waals surface area (Å²) in [5.74, 6) is -0.0555. The molecule has 0 radical (unpaired) electrons. The fraction of sp³-hybridized carbons (Fsp3) is 0.192. The molecule has 0 aromatic heterocycles. The average molecular weight is 531 g/mol. The zero-order chi connectivity index (χ0) is 25.5. The first-order valence-corrected chi connectivity index (χ1v) is 11.9. The standard InChI is InChI=1S/C26H24Cl2N2O4S/c1-4-7-18-11-17(12-19-24(31)29-26(35)30(10-5-2)25(19)32)14-22(33-6-3)23(18)34-15-16-8-9-20(27)21(28)13-16/h4-5,8-9,11-14H,1-2,6-7,10,15H2,3H3,(H,29,31,35)/b19-12+. The summed E-state index contributed by atoms with van der Waals surface area (Å²) < 4.78 is 12.0. The highest BCUT2D eigenvalue weighted by atomic mass is 35.5. The van der Waals surface area contributed by atoms with E-state index >= 15 is 0 Å². The summed E-state index contributed by atoms with van der Waals surface area (Å²) in [5, 5.41) is 3.49. The molecule has 3 rings (SSSR count). The lowest BCUT2D eigenvalue weighted by atomic mass is 10.0. The molecule has 0 unspecified atom stereocenters. The number of nitrogens with one attached hydrogen (secondary N) is 1. The smallest absolute Gasteiger partial charge is 0.265 e. The van der Waals surface area contributed by atoms with Crippen LogP contribution in [0.2, 0.25) is 10.0 Å². The molecule has 6 nitrogen and oxygen atoms in total. The van der Waals surface area contributed by atoms with E-state index in [-0.39, 0.29) is 23.8 Å². The van der Waals surface area contributed by atoms with Gasteiger partial charge in [0.2, 0.25) is 0 Å². The van der Waals surface area contributed by atoms with Crippen LogP contribution in [-0.2, 0) is 22.6 Å². The number of halogens is 2. The topological polar surface area (TPSA) is 67.9 Å². The van der Waals surface area contributed by atoms with Gasteiger partial charge in [0, 0.05) is 12.1 Å². The van der Waals surface area contributed by atoms with E-state index in [9.17, 15) is 9.59 Å². The average Bonchev–Trinajstić information content (AvgIpc) is 2.81. The van der Waals surface area contributed by atoms with Crippen LogP contribution in [0.25, 0.3) is 6.08 Å². The Bertz CT molecular complexity index is 1230. The largest absolute Gasteiger partial charge is 0.490 e. The number of benzene rings is 2. The molecule has 0 atom stereocenters. The fourth-order valence-electron chi connectivity index (χ4n) is 3.44. The predicted octanol–water partition coefficient (Wildman–Crippen LogP) is 5.51. The van der Waals surface area contributed by atoms with Gasteiger partial charge in [-0.1, -0.05) is 41.4 Å². The third-order valence-corrected chi connectivity index (χ3v) is 6.06. The Hall–Kier alpha value is -3.13. The van der Waals surface area contributed by atoms with Gasteiger partial charge < -0.3 is 9.47 Å². The van der Waals surface area contributed by atoms with E-state index in [0.29, 0.717) is 40.1 Å². The van der Waals surface area contributed by atoms with Crippen LogP contribution in [0.3, 0.4) is 0 Å². The molecular formula is C26H24Cl2N2O4S. The molecule has 35 heavy (non-hydrogen) atoms. The third-order valence-electron chi connectivity index (χ3n) is 4.99. The van der Waals surface area contributed by atoms with Gasteiger partial charge in [-0.15, -0.1) is 13.2 Å². The normalized spacial score (nSPS) is 14.7. The van der Waals surface area contributed by atoms with E-state index in [1.54, 1.807) is 24.3 Å². The van der Waals surface area contributed by atoms with Crippen LogP contribution in [0.1, 0.15) is 23.6 Å². The maximum absolute atomic E-state index is 12.9. The molecule has 182 valence electrons. The van der Waals surface area contributed by atoms with Crippen LogP contribution in [0.4, 0.5) is 0 Å². The van der Waals surface area contributed by atoms with Crippen molar-refractivity contribution in [3.8, 4) is 11.5 Å². The van der Waals surface area contributed by atoms with Crippen molar-refractivity contribution in [3.05, 3.63) is 88.0 Å². The minimum absolute atomic E-state index is 0.0445. The summed E-state index contributed by atoms with van der Waals surface area (Å²) in [4.78, 5) is 26.7. The monoisotopic (exact) mass is 530 g/mol. The molecule has 9 heteroatoms. The number of carbonyl (C=O) groups excluding carboxylic acids is 2. The van der Waals surface area contributed by atoms with Crippen molar-refractivity contribution in [3.63, 3.8) is 0 Å². The molecule has 2 aromatic rings. The van der Waals surface area contributed by atoms with E-state index in [4.69, 9.17) is 44.9 Å². The number of nitrogens with zero attached hydrogens (tertiary/aromatic N) is 1. The Kier molecular flexibility index (Phi) is 9.09. The first-order chi connectivity index (χ1) is 16.8. The van der Waals surface area contributed by atoms with Gasteiger partial charge in [0.1, 0.15) is 12.2 Å². The minimum atomic E-state index is -0.566. The molecule has 0 bridgehead atoms. The first kappa shape index (κ1) is 26.5. The van der Waals surface area contributed by atoms with Crippen molar-refractivity contribution in [2.24, 2.45) is 0 Å². The second-order valence-electron chi connectivity index (χ2n) is 7.49. The van der Waals surface area contributed by atoms with Crippen molar-refractivity contribution in [1.29, 1.82) is 0 Å². The molecule has 1 N–H and O–H groups in total. The summed E-state index contributed by atoms with van der Waals surface area (Å²) in [6.45, 7) is 10.1. The number of hydrogen-bond acceptors (Lipinski definition) is 5. The Labute approximate surface area is 219 Å². The lowest BCUT2D eigenvalue weighted by Gasteiger charge is -2.27. The van der Waals surface area contributed by atoms with E-state index in [0.717, 1.165) is 11.1 Å². The first-order valence-electron chi connectivity index (χ1n) is 10.8. The molecule has 1 heterocycles. The van der Waals surface area contributed by atoms with Crippen LogP contribution in [0, 0.1) is 0 Å². The van der Waals surface area contributed by atoms with Gasteiger partial charge >= 0.3 is 0 Å². The highest BCUT2D eigenvalue weighted by molar-refractivity contribution is 7.80. The van der Waals surface area contributed by atoms with Crippen molar-refractivity contribution >= 4 is 58.4 Å². The predicted molar refractivity (Wildman–Crippen MR) is 143 cm³/mol. The van der Waals surface area contributed by atoms with Crippen molar-refractivity contribution in [2.75, 3.05) is 13.2 Å². The highest BCUT2D eigenvalue weighted by Crippen LogP contribution is 2.36. The zero-order valence-corrected chi connectivity index (χ0v) is 21.4. The Morgan fingerprint density at radius 3 is 2.51 bits per heavy atom. The molecule has 2 amide bonds. The summed E-state index contributed by atoms with van der Waals surface area (Å²) in [7, 11) is 0. The number of hydrogen-bond donors (Lipinski definition) is 1. The lowest BCUT2D eigenvalue weighted by molar-refractivity contribution is -0.128. The van der Waals surface area contributed by atoms with Crippen LogP contribution < -0.4 is 14.8 Å². The molecule has 1 saturated heterocycles. The second kappa shape index (κ2) is 12.0. The van der Waals surface area contributed by atoms with Crippen molar-refractivity contribution < 1.29 is 19.1 Å². The van der Waals surface area contributed by atoms with Gasteiger partial charge in [0.05, 0.1) is 16.7 Å². The Balaban J connectivity index is 2.00. The quantitative estimate of drug-likeness (QED) is 0.190. The van der Waals surface area contributed by atoms with Gasteiger partial charge in [0.15, 0.2) is 16.6 Å². The number of carbonyl (C=O) groups is 2. The fourth-order valence-corrected chi connectivity index (χ4v) is 4.01. The Morgan fingerprint density at radius 1 is 1.09 bits per heavy atom. The lowest BCUT2D eigenvalue weighted by Crippen LogP contribution is -2.53. The maximum atomic E-state index is 12.9. The number of amides is 2. The van der Waals surface area contributed by atoms with Gasteiger partial charge in [-0.25, -0.2) is 0 Å². The molecule has 1 aliphatic rings. The van der Waals surface area contributed by atoms with Crippen LogP contribution in [-0.4, -0.2) is 35.0 Å². The SMILES string of the molecule is C=CCc1cc(/C=C2\C(=O)NC(=S)N(CC=C)C2=O)cc(OCC)c1OCc1ccc(Cl)c(Cl)c1. The van der Waals surface area contributed by atoms with Crippen molar-refractivity contribution in [2.45, 2.75) is 20.0 Å². The van der Waals surface area contributed by atoms with Crippen LogP contribution in [0.5, 0.6) is 11.5 Å². The van der Waals surface area contributed by atoms with Gasteiger partial charge in [-0.3, -0.25) is 19.8 Å². The maximum Gasteiger partial charge on any atom is 0.265 e. The summed E-state index contributed by atoms with van der Waals surface area (Å²) in [6.07, 6.45) is 5.25. The van der Waals surface area contributed by atoms with E-state index in [1.807, 2.05) is 19.1 Å². The molecule has 2 aromatic carbocycles. The van der Waals surface area contributed by atoms with E-state index in [2.05, 4.69) is 18.5 Å². The number of ether oxygens (including phenoxy) is 2. The zero-order valence-electron chi connectivity index (χ0n) is 19.1. The van der Waals surface area contributed by atoms with Gasteiger partial charge in [0.25, 0.3) is 11.8 Å². The number of allylic oxidation sites excluding steroid dienone is 1. The molecular weight excluding hydrogens is 507 g/mol. The molecule has 0 aliphatic carbocycles. The van der Waals surface area contributed by atoms with Crippen LogP contribution >= 0.6 is 35.4 Å². The molecule has 1 fully saturated rings. The molecule has 1 aliphatic heterocycles. The Morgan fingerprint density at radius 2 is 1.86 bits per heavy atom. The van der Waals surface area contributed by atoms with Gasteiger partial charge in [-0.05, 0) is 67.0 Å². The van der Waals surface area contributed by atoms with E-state index in [1.165, 1.54) is 17.1 Å². The van der Waals surface area contributed by atoms with E-state index < -0.39 is 11.8 Å². The highest BCUT2D eigenvalue weighted by Gasteiger charge is 2.32. The third kappa shape index (κ3) is 6.31. The minimum Gasteiger partial charge on any atom is -0.490 e. The van der Waals surface area contributed by atoms with Crippen LogP contribution in [0.15, 0.2) is 61.2 Å². The summed E-state index contributed by atoms with van der Waals surface area (Å²) in [5.41, 5.74) is 2.16. The summed E-state index contributed by atoms with van der Waals surface area (Å²) in [6, 6.07) is 8.82.